The maximum absolute atomic E-state index is 5.73. The molecule has 0 spiro atoms. The third kappa shape index (κ3) is 4.36. The third-order valence-corrected chi connectivity index (χ3v) is 4.10. The number of halogens is 1. The molecule has 0 aliphatic heterocycles. The van der Waals surface area contributed by atoms with Crippen molar-refractivity contribution in [3.63, 3.8) is 0 Å². The first-order chi connectivity index (χ1) is 7.59. The Labute approximate surface area is 105 Å². The third-order valence-electron chi connectivity index (χ3n) is 1.47. The highest BCUT2D eigenvalue weighted by Gasteiger charge is 2.21. The summed E-state index contributed by atoms with van der Waals surface area (Å²) in [7, 11) is 0. The van der Waals surface area contributed by atoms with E-state index in [-0.39, 0.29) is 0 Å². The van der Waals surface area contributed by atoms with Crippen LogP contribution in [0.4, 0.5) is 0 Å². The van der Waals surface area contributed by atoms with Gasteiger partial charge in [-0.15, -0.1) is 0 Å². The molecule has 90 valence electrons. The smallest absolute Gasteiger partial charge is 0.381 e. The van der Waals surface area contributed by atoms with Gasteiger partial charge < -0.3 is 4.52 Å². The summed E-state index contributed by atoms with van der Waals surface area (Å²) in [4.78, 5) is 3.97. The van der Waals surface area contributed by atoms with Gasteiger partial charge in [0.2, 0.25) is 5.88 Å². The molecule has 0 aliphatic rings. The van der Waals surface area contributed by atoms with Crippen LogP contribution in [0.5, 0.6) is 5.88 Å². The lowest BCUT2D eigenvalue weighted by Crippen LogP contribution is -2.02. The lowest BCUT2D eigenvalue weighted by molar-refractivity contribution is 0.216. The lowest BCUT2D eigenvalue weighted by atomic mass is 10.5. The van der Waals surface area contributed by atoms with Crippen molar-refractivity contribution in [1.82, 2.24) is 4.98 Å². The normalized spacial score (nSPS) is 11.4. The Morgan fingerprint density at radius 1 is 1.31 bits per heavy atom. The van der Waals surface area contributed by atoms with Crippen LogP contribution in [0.1, 0.15) is 13.8 Å². The standard InChI is InChI=1S/C9H13ClNO3PS/c1-3-12-15(16,13-4-2)14-9-7-5-6-8(10)11-9/h5-7H,3-4H2,1-2H3. The molecule has 0 aromatic carbocycles. The SMILES string of the molecule is CCOP(=S)(OCC)Oc1cccc(Cl)n1. The van der Waals surface area contributed by atoms with Gasteiger partial charge in [-0.05, 0) is 19.9 Å². The average molecular weight is 282 g/mol. The molecule has 0 unspecified atom stereocenters. The molecule has 0 bridgehead atoms. The second-order valence-corrected chi connectivity index (χ2v) is 5.99. The van der Waals surface area contributed by atoms with Gasteiger partial charge in [0, 0.05) is 17.9 Å². The molecular formula is C9H13ClNO3PS. The highest BCUT2D eigenvalue weighted by molar-refractivity contribution is 8.07. The average Bonchev–Trinajstić information content (AvgIpc) is 2.17. The van der Waals surface area contributed by atoms with Crippen molar-refractivity contribution >= 4 is 30.1 Å². The quantitative estimate of drug-likeness (QED) is 0.590. The molecule has 7 heteroatoms. The van der Waals surface area contributed by atoms with Gasteiger partial charge in [-0.2, -0.15) is 0 Å². The van der Waals surface area contributed by atoms with Crippen LogP contribution in [0.2, 0.25) is 5.15 Å². The van der Waals surface area contributed by atoms with Gasteiger partial charge in [0.05, 0.1) is 13.2 Å². The van der Waals surface area contributed by atoms with E-state index in [0.717, 1.165) is 0 Å². The maximum atomic E-state index is 5.73. The van der Waals surface area contributed by atoms with Gasteiger partial charge in [-0.1, -0.05) is 17.7 Å². The van der Waals surface area contributed by atoms with Gasteiger partial charge in [-0.25, -0.2) is 4.98 Å². The van der Waals surface area contributed by atoms with Crippen molar-refractivity contribution in [3.05, 3.63) is 23.4 Å². The number of rotatable bonds is 6. The molecule has 16 heavy (non-hydrogen) atoms. The minimum absolute atomic E-state index is 0.317. The van der Waals surface area contributed by atoms with Crippen molar-refractivity contribution in [2.45, 2.75) is 13.8 Å². The van der Waals surface area contributed by atoms with E-state index in [1.807, 2.05) is 13.8 Å². The van der Waals surface area contributed by atoms with E-state index in [0.29, 0.717) is 24.2 Å². The van der Waals surface area contributed by atoms with Crippen LogP contribution in [0.15, 0.2) is 18.2 Å². The molecule has 0 fully saturated rings. The van der Waals surface area contributed by atoms with Crippen molar-refractivity contribution in [2.75, 3.05) is 13.2 Å². The molecule has 1 aromatic rings. The molecule has 4 nitrogen and oxygen atoms in total. The van der Waals surface area contributed by atoms with E-state index in [4.69, 9.17) is 37.0 Å². The Morgan fingerprint density at radius 3 is 2.44 bits per heavy atom. The largest absolute Gasteiger partial charge is 0.406 e. The van der Waals surface area contributed by atoms with Crippen LogP contribution < -0.4 is 4.52 Å². The molecule has 0 aliphatic carbocycles. The van der Waals surface area contributed by atoms with Gasteiger partial charge in [0.25, 0.3) is 0 Å². The molecule has 1 rings (SSSR count). The van der Waals surface area contributed by atoms with Gasteiger partial charge in [-0.3, -0.25) is 9.05 Å². The lowest BCUT2D eigenvalue weighted by Gasteiger charge is -2.20. The summed E-state index contributed by atoms with van der Waals surface area (Å²) in [5.74, 6) is 0.317. The molecule has 0 N–H and O–H groups in total. The molecule has 1 heterocycles. The number of nitrogens with zero attached hydrogens (tertiary/aromatic N) is 1. The summed E-state index contributed by atoms with van der Waals surface area (Å²) in [6.07, 6.45) is 0. The van der Waals surface area contributed by atoms with E-state index in [2.05, 4.69) is 4.98 Å². The number of hydrogen-bond acceptors (Lipinski definition) is 5. The molecule has 0 radical (unpaired) electrons. The summed E-state index contributed by atoms with van der Waals surface area (Å²) in [6, 6.07) is 5.03. The predicted octanol–water partition coefficient (Wildman–Crippen LogP) is 3.41. The molecule has 0 saturated heterocycles. The summed E-state index contributed by atoms with van der Waals surface area (Å²) < 4.78 is 16.1. The molecule has 0 amide bonds. The fourth-order valence-electron chi connectivity index (χ4n) is 0.961. The van der Waals surface area contributed by atoms with Crippen LogP contribution in [-0.4, -0.2) is 18.2 Å². The van der Waals surface area contributed by atoms with E-state index in [9.17, 15) is 0 Å². The van der Waals surface area contributed by atoms with Crippen molar-refractivity contribution < 1.29 is 13.6 Å². The van der Waals surface area contributed by atoms with Gasteiger partial charge >= 0.3 is 6.72 Å². The topological polar surface area (TPSA) is 40.6 Å². The van der Waals surface area contributed by atoms with Crippen molar-refractivity contribution in [2.24, 2.45) is 0 Å². The summed E-state index contributed by atoms with van der Waals surface area (Å²) in [5.41, 5.74) is 0. The summed E-state index contributed by atoms with van der Waals surface area (Å²) in [6.45, 7) is 1.76. The second kappa shape index (κ2) is 6.52. The number of aromatic nitrogens is 1. The zero-order valence-corrected chi connectivity index (χ0v) is 11.5. The fourth-order valence-corrected chi connectivity index (χ4v) is 3.12. The predicted molar refractivity (Wildman–Crippen MR) is 67.4 cm³/mol. The Bertz CT molecular complexity index is 381. The zero-order chi connectivity index (χ0) is 12.0. The first-order valence-electron chi connectivity index (χ1n) is 4.81. The van der Waals surface area contributed by atoms with Gasteiger partial charge in [0.1, 0.15) is 5.15 Å². The maximum Gasteiger partial charge on any atom is 0.381 e. The second-order valence-electron chi connectivity index (χ2n) is 2.67. The number of pyridine rings is 1. The van der Waals surface area contributed by atoms with Crippen LogP contribution in [0.25, 0.3) is 0 Å². The summed E-state index contributed by atoms with van der Waals surface area (Å²) in [5, 5.41) is 0.340. The Balaban J connectivity index is 2.79. The van der Waals surface area contributed by atoms with E-state index >= 15 is 0 Å². The summed E-state index contributed by atoms with van der Waals surface area (Å²) >= 11 is 10.9. The first-order valence-corrected chi connectivity index (χ1v) is 7.74. The highest BCUT2D eigenvalue weighted by Crippen LogP contribution is 2.49. The van der Waals surface area contributed by atoms with Crippen LogP contribution in [0, 0.1) is 0 Å². The first kappa shape index (κ1) is 13.9. The highest BCUT2D eigenvalue weighted by atomic mass is 35.5. The minimum Gasteiger partial charge on any atom is -0.406 e. The van der Waals surface area contributed by atoms with E-state index in [1.165, 1.54) is 0 Å². The molecule has 1 aromatic heterocycles. The monoisotopic (exact) mass is 281 g/mol. The van der Waals surface area contributed by atoms with Crippen LogP contribution in [-0.2, 0) is 20.9 Å². The Kier molecular flexibility index (Phi) is 5.66. The number of hydrogen-bond donors (Lipinski definition) is 0. The molecule has 0 atom stereocenters. The minimum atomic E-state index is -2.75. The zero-order valence-electron chi connectivity index (χ0n) is 9.05. The van der Waals surface area contributed by atoms with Gasteiger partial charge in [0.15, 0.2) is 0 Å². The van der Waals surface area contributed by atoms with Crippen molar-refractivity contribution in [3.8, 4) is 5.88 Å². The van der Waals surface area contributed by atoms with Crippen LogP contribution >= 0.6 is 18.3 Å². The van der Waals surface area contributed by atoms with E-state index in [1.54, 1.807) is 18.2 Å². The van der Waals surface area contributed by atoms with Crippen molar-refractivity contribution in [1.29, 1.82) is 0 Å². The Morgan fingerprint density at radius 2 is 1.94 bits per heavy atom. The fraction of sp³-hybridized carbons (Fsp3) is 0.444. The molecular weight excluding hydrogens is 269 g/mol. The molecule has 0 saturated carbocycles. The van der Waals surface area contributed by atoms with Crippen LogP contribution in [0.3, 0.4) is 0 Å². The van der Waals surface area contributed by atoms with E-state index < -0.39 is 6.72 Å². The Hall–Kier alpha value is -0.190.